The molecule has 0 saturated carbocycles. The summed E-state index contributed by atoms with van der Waals surface area (Å²) in [5.41, 5.74) is 1.80. The highest BCUT2D eigenvalue weighted by atomic mass is 16.3. The molecule has 24 heavy (non-hydrogen) atoms. The summed E-state index contributed by atoms with van der Waals surface area (Å²) in [4.78, 5) is 12.4. The lowest BCUT2D eigenvalue weighted by atomic mass is 9.80. The molecule has 0 radical (unpaired) electrons. The number of para-hydroxylation sites is 1. The van der Waals surface area contributed by atoms with Crippen LogP contribution in [-0.2, 0) is 0 Å². The molecule has 0 spiro atoms. The topological polar surface area (TPSA) is 67.2 Å². The van der Waals surface area contributed by atoms with Crippen LogP contribution in [0.25, 0.3) is 5.69 Å². The van der Waals surface area contributed by atoms with E-state index in [2.05, 4.69) is 10.4 Å². The molecule has 1 aromatic carbocycles. The quantitative estimate of drug-likeness (QED) is 0.856. The van der Waals surface area contributed by atoms with Gasteiger partial charge in [-0.15, -0.1) is 0 Å². The van der Waals surface area contributed by atoms with Gasteiger partial charge in [-0.1, -0.05) is 45.9 Å². The first kappa shape index (κ1) is 18.2. The van der Waals surface area contributed by atoms with E-state index in [0.717, 1.165) is 11.4 Å². The maximum Gasteiger partial charge on any atom is 0.271 e. The van der Waals surface area contributed by atoms with E-state index in [-0.39, 0.29) is 11.8 Å². The standard InChI is InChI=1S/C19H27N3O2/c1-13(2)17(23)19(4,5)12-20-18(24)16-11-14(3)22(21-16)15-9-7-6-8-10-15/h6-11,13,17,23H,12H2,1-5H3,(H,20,24). The van der Waals surface area contributed by atoms with Gasteiger partial charge in [0.25, 0.3) is 5.91 Å². The minimum absolute atomic E-state index is 0.136. The Labute approximate surface area is 143 Å². The van der Waals surface area contributed by atoms with E-state index < -0.39 is 11.5 Å². The highest BCUT2D eigenvalue weighted by Gasteiger charge is 2.30. The molecule has 0 aliphatic heterocycles. The predicted molar refractivity (Wildman–Crippen MR) is 95.3 cm³/mol. The van der Waals surface area contributed by atoms with Gasteiger partial charge in [-0.25, -0.2) is 4.68 Å². The molecule has 0 fully saturated rings. The van der Waals surface area contributed by atoms with Gasteiger partial charge in [0.15, 0.2) is 5.69 Å². The Bertz CT molecular complexity index is 690. The van der Waals surface area contributed by atoms with Crippen LogP contribution in [0.5, 0.6) is 0 Å². The second-order valence-electron chi connectivity index (χ2n) is 7.28. The number of nitrogens with zero attached hydrogens (tertiary/aromatic N) is 2. The maximum absolute atomic E-state index is 12.4. The van der Waals surface area contributed by atoms with E-state index in [0.29, 0.717) is 12.2 Å². The fourth-order valence-electron chi connectivity index (χ4n) is 2.82. The maximum atomic E-state index is 12.4. The lowest BCUT2D eigenvalue weighted by Crippen LogP contribution is -2.43. The van der Waals surface area contributed by atoms with Gasteiger partial charge in [0.05, 0.1) is 11.8 Å². The molecule has 1 heterocycles. The van der Waals surface area contributed by atoms with Gasteiger partial charge in [0.1, 0.15) is 0 Å². The Kier molecular flexibility index (Phi) is 5.44. The molecule has 1 atom stereocenters. The Balaban J connectivity index is 2.09. The van der Waals surface area contributed by atoms with Crippen LogP contribution < -0.4 is 5.32 Å². The molecular formula is C19H27N3O2. The molecule has 130 valence electrons. The lowest BCUT2D eigenvalue weighted by Gasteiger charge is -2.33. The van der Waals surface area contributed by atoms with E-state index in [4.69, 9.17) is 0 Å². The number of rotatable bonds is 6. The van der Waals surface area contributed by atoms with Gasteiger partial charge in [0, 0.05) is 17.7 Å². The summed E-state index contributed by atoms with van der Waals surface area (Å²) >= 11 is 0. The van der Waals surface area contributed by atoms with Crippen molar-refractivity contribution in [3.63, 3.8) is 0 Å². The number of aliphatic hydroxyl groups is 1. The van der Waals surface area contributed by atoms with Gasteiger partial charge in [0.2, 0.25) is 0 Å². The highest BCUT2D eigenvalue weighted by molar-refractivity contribution is 5.92. The molecule has 2 N–H and O–H groups in total. The number of hydrogen-bond acceptors (Lipinski definition) is 3. The zero-order valence-corrected chi connectivity index (χ0v) is 15.1. The molecule has 5 heteroatoms. The van der Waals surface area contributed by atoms with Crippen LogP contribution in [0.3, 0.4) is 0 Å². The summed E-state index contributed by atoms with van der Waals surface area (Å²) in [6, 6.07) is 11.5. The van der Waals surface area contributed by atoms with Gasteiger partial charge < -0.3 is 10.4 Å². The van der Waals surface area contributed by atoms with Crippen molar-refractivity contribution in [3.8, 4) is 5.69 Å². The van der Waals surface area contributed by atoms with Gasteiger partial charge in [-0.05, 0) is 31.0 Å². The van der Waals surface area contributed by atoms with Crippen LogP contribution in [0.4, 0.5) is 0 Å². The monoisotopic (exact) mass is 329 g/mol. The number of amides is 1. The third kappa shape index (κ3) is 4.03. The summed E-state index contributed by atoms with van der Waals surface area (Å²) in [7, 11) is 0. The Morgan fingerprint density at radius 2 is 1.92 bits per heavy atom. The minimum Gasteiger partial charge on any atom is -0.392 e. The third-order valence-corrected chi connectivity index (χ3v) is 4.26. The number of hydrogen-bond donors (Lipinski definition) is 2. The van der Waals surface area contributed by atoms with Crippen LogP contribution in [0.1, 0.15) is 43.9 Å². The first-order valence-electron chi connectivity index (χ1n) is 8.30. The van der Waals surface area contributed by atoms with Crippen LogP contribution in [0.15, 0.2) is 36.4 Å². The number of carbonyl (C=O) groups excluding carboxylic acids is 1. The summed E-state index contributed by atoms with van der Waals surface area (Å²) < 4.78 is 1.75. The van der Waals surface area contributed by atoms with Gasteiger partial charge in [-0.2, -0.15) is 5.10 Å². The molecule has 0 aliphatic carbocycles. The normalized spacial score (nSPS) is 13.1. The first-order valence-corrected chi connectivity index (χ1v) is 8.30. The second kappa shape index (κ2) is 7.18. The molecule has 5 nitrogen and oxygen atoms in total. The van der Waals surface area contributed by atoms with Crippen molar-refractivity contribution >= 4 is 5.91 Å². The molecule has 0 saturated heterocycles. The average molecular weight is 329 g/mol. The molecule has 2 rings (SSSR count). The van der Waals surface area contributed by atoms with E-state index in [9.17, 15) is 9.90 Å². The Morgan fingerprint density at radius 1 is 1.29 bits per heavy atom. The first-order chi connectivity index (χ1) is 11.2. The van der Waals surface area contributed by atoms with E-state index in [1.165, 1.54) is 0 Å². The van der Waals surface area contributed by atoms with Gasteiger partial charge >= 0.3 is 0 Å². The van der Waals surface area contributed by atoms with Crippen LogP contribution >= 0.6 is 0 Å². The van der Waals surface area contributed by atoms with Crippen molar-refractivity contribution in [2.75, 3.05) is 6.54 Å². The summed E-state index contributed by atoms with van der Waals surface area (Å²) in [5, 5.41) is 17.6. The average Bonchev–Trinajstić information content (AvgIpc) is 2.94. The van der Waals surface area contributed by atoms with E-state index >= 15 is 0 Å². The van der Waals surface area contributed by atoms with E-state index in [1.807, 2.05) is 65.0 Å². The van der Waals surface area contributed by atoms with Crippen LogP contribution in [0, 0.1) is 18.3 Å². The lowest BCUT2D eigenvalue weighted by molar-refractivity contribution is 0.0138. The SMILES string of the molecule is Cc1cc(C(=O)NCC(C)(C)C(O)C(C)C)nn1-c1ccccc1. The Morgan fingerprint density at radius 3 is 2.50 bits per heavy atom. The van der Waals surface area contributed by atoms with Crippen molar-refractivity contribution in [2.45, 2.75) is 40.7 Å². The zero-order valence-electron chi connectivity index (χ0n) is 15.1. The minimum atomic E-state index is -0.485. The second-order valence-corrected chi connectivity index (χ2v) is 7.28. The van der Waals surface area contributed by atoms with Crippen LogP contribution in [0.2, 0.25) is 0 Å². The molecule has 0 aliphatic rings. The molecule has 1 aromatic heterocycles. The summed E-state index contributed by atoms with van der Waals surface area (Å²) in [6.45, 7) is 10.2. The fourth-order valence-corrected chi connectivity index (χ4v) is 2.82. The number of aromatic nitrogens is 2. The smallest absolute Gasteiger partial charge is 0.271 e. The Hall–Kier alpha value is -2.14. The zero-order chi connectivity index (χ0) is 17.9. The number of aryl methyl sites for hydroxylation is 1. The van der Waals surface area contributed by atoms with Gasteiger partial charge in [-0.3, -0.25) is 4.79 Å². The fraction of sp³-hybridized carbons (Fsp3) is 0.474. The highest BCUT2D eigenvalue weighted by Crippen LogP contribution is 2.25. The molecule has 1 unspecified atom stereocenters. The molecular weight excluding hydrogens is 302 g/mol. The van der Waals surface area contributed by atoms with Crippen LogP contribution in [-0.4, -0.2) is 33.4 Å². The molecule has 1 amide bonds. The summed E-state index contributed by atoms with van der Waals surface area (Å²) in [6.07, 6.45) is -0.485. The van der Waals surface area contributed by atoms with Crippen molar-refractivity contribution in [2.24, 2.45) is 11.3 Å². The van der Waals surface area contributed by atoms with Crippen molar-refractivity contribution in [3.05, 3.63) is 47.8 Å². The predicted octanol–water partition coefficient (Wildman–Crippen LogP) is 2.95. The largest absolute Gasteiger partial charge is 0.392 e. The number of nitrogens with one attached hydrogen (secondary N) is 1. The molecule has 0 bridgehead atoms. The summed E-state index contributed by atoms with van der Waals surface area (Å²) in [5.74, 6) is -0.0896. The number of aliphatic hydroxyl groups excluding tert-OH is 1. The van der Waals surface area contributed by atoms with Crippen molar-refractivity contribution in [1.82, 2.24) is 15.1 Å². The van der Waals surface area contributed by atoms with E-state index in [1.54, 1.807) is 10.7 Å². The number of benzene rings is 1. The third-order valence-electron chi connectivity index (χ3n) is 4.26. The van der Waals surface area contributed by atoms with Crippen molar-refractivity contribution < 1.29 is 9.90 Å². The van der Waals surface area contributed by atoms with Crippen molar-refractivity contribution in [1.29, 1.82) is 0 Å². The molecule has 2 aromatic rings. The number of carbonyl (C=O) groups is 1.